The van der Waals surface area contributed by atoms with E-state index in [1.54, 1.807) is 0 Å². The average Bonchev–Trinajstić information content (AvgIpc) is 2.51. The predicted octanol–water partition coefficient (Wildman–Crippen LogP) is 3.24. The molecule has 1 aromatic rings. The van der Waals surface area contributed by atoms with E-state index in [1.165, 1.54) is 0 Å². The number of amides is 2. The lowest BCUT2D eigenvalue weighted by molar-refractivity contribution is -0.120. The molecular formula is C18H28N2O3. The summed E-state index contributed by atoms with van der Waals surface area (Å²) < 4.78 is 5.04. The van der Waals surface area contributed by atoms with E-state index in [-0.39, 0.29) is 25.1 Å². The Morgan fingerprint density at radius 2 is 1.78 bits per heavy atom. The van der Waals surface area contributed by atoms with Gasteiger partial charge in [0.1, 0.15) is 13.2 Å². The average molecular weight is 320 g/mol. The van der Waals surface area contributed by atoms with Crippen LogP contribution in [0.5, 0.6) is 0 Å². The number of ether oxygens (including phenoxy) is 1. The summed E-state index contributed by atoms with van der Waals surface area (Å²) in [6.07, 6.45) is 2.61. The second kappa shape index (κ2) is 10.6. The zero-order valence-electron chi connectivity index (χ0n) is 14.3. The number of rotatable bonds is 9. The van der Waals surface area contributed by atoms with Crippen LogP contribution in [0.1, 0.15) is 45.6 Å². The molecule has 5 nitrogen and oxygen atoms in total. The van der Waals surface area contributed by atoms with Gasteiger partial charge in [0.05, 0.1) is 0 Å². The molecular weight excluding hydrogens is 292 g/mol. The number of carbonyl (C=O) groups is 2. The predicted molar refractivity (Wildman–Crippen MR) is 90.9 cm³/mol. The SMILES string of the molecule is CC(C)CCCC(C)NC(=O)CNC(=O)OCc1ccccc1. The Bertz CT molecular complexity index is 474. The van der Waals surface area contributed by atoms with Gasteiger partial charge in [-0.1, -0.05) is 57.0 Å². The highest BCUT2D eigenvalue weighted by Crippen LogP contribution is 2.08. The molecule has 0 aromatic heterocycles. The quantitative estimate of drug-likeness (QED) is 0.734. The molecule has 1 rings (SSSR count). The first kappa shape index (κ1) is 19.0. The van der Waals surface area contributed by atoms with Crippen LogP contribution >= 0.6 is 0 Å². The third-order valence-corrected chi connectivity index (χ3v) is 3.43. The molecule has 1 aromatic carbocycles. The maximum Gasteiger partial charge on any atom is 0.407 e. The van der Waals surface area contributed by atoms with E-state index in [9.17, 15) is 9.59 Å². The molecule has 2 amide bonds. The van der Waals surface area contributed by atoms with Crippen LogP contribution in [0.2, 0.25) is 0 Å². The van der Waals surface area contributed by atoms with Crippen LogP contribution in [0, 0.1) is 5.92 Å². The molecule has 128 valence electrons. The zero-order valence-corrected chi connectivity index (χ0v) is 14.3. The molecule has 0 fully saturated rings. The third kappa shape index (κ3) is 9.55. The van der Waals surface area contributed by atoms with Crippen molar-refractivity contribution in [2.45, 2.75) is 52.7 Å². The van der Waals surface area contributed by atoms with Crippen molar-refractivity contribution in [2.75, 3.05) is 6.54 Å². The van der Waals surface area contributed by atoms with Gasteiger partial charge >= 0.3 is 6.09 Å². The van der Waals surface area contributed by atoms with Gasteiger partial charge in [-0.05, 0) is 24.8 Å². The smallest absolute Gasteiger partial charge is 0.407 e. The van der Waals surface area contributed by atoms with E-state index in [0.717, 1.165) is 24.8 Å². The minimum Gasteiger partial charge on any atom is -0.445 e. The van der Waals surface area contributed by atoms with Crippen LogP contribution in [0.4, 0.5) is 4.79 Å². The zero-order chi connectivity index (χ0) is 17.1. The van der Waals surface area contributed by atoms with Crippen LogP contribution < -0.4 is 10.6 Å². The number of alkyl carbamates (subject to hydrolysis) is 1. The summed E-state index contributed by atoms with van der Waals surface area (Å²) in [5, 5.41) is 5.33. The van der Waals surface area contributed by atoms with Crippen molar-refractivity contribution >= 4 is 12.0 Å². The second-order valence-corrected chi connectivity index (χ2v) is 6.21. The second-order valence-electron chi connectivity index (χ2n) is 6.21. The monoisotopic (exact) mass is 320 g/mol. The highest BCUT2D eigenvalue weighted by atomic mass is 16.5. The van der Waals surface area contributed by atoms with E-state index in [2.05, 4.69) is 24.5 Å². The molecule has 2 N–H and O–H groups in total. The van der Waals surface area contributed by atoms with Gasteiger partial charge in [-0.25, -0.2) is 4.79 Å². The standard InChI is InChI=1S/C18H28N2O3/c1-14(2)8-7-9-15(3)20-17(21)12-19-18(22)23-13-16-10-5-4-6-11-16/h4-6,10-11,14-15H,7-9,12-13H2,1-3H3,(H,19,22)(H,20,21). The molecule has 0 radical (unpaired) electrons. The molecule has 0 saturated carbocycles. The van der Waals surface area contributed by atoms with Crippen molar-refractivity contribution in [2.24, 2.45) is 5.92 Å². The first-order valence-corrected chi connectivity index (χ1v) is 8.21. The molecule has 1 atom stereocenters. The van der Waals surface area contributed by atoms with Crippen molar-refractivity contribution in [3.05, 3.63) is 35.9 Å². The molecule has 0 aliphatic rings. The summed E-state index contributed by atoms with van der Waals surface area (Å²) >= 11 is 0. The van der Waals surface area contributed by atoms with Gasteiger partial charge in [0, 0.05) is 6.04 Å². The molecule has 0 spiro atoms. The summed E-state index contributed by atoms with van der Waals surface area (Å²) in [5.41, 5.74) is 0.908. The van der Waals surface area contributed by atoms with Crippen LogP contribution in [0.25, 0.3) is 0 Å². The summed E-state index contributed by atoms with van der Waals surface area (Å²) in [5.74, 6) is 0.484. The van der Waals surface area contributed by atoms with Crippen molar-refractivity contribution in [3.63, 3.8) is 0 Å². The number of carbonyl (C=O) groups excluding carboxylic acids is 2. The van der Waals surface area contributed by atoms with E-state index < -0.39 is 6.09 Å². The number of nitrogens with one attached hydrogen (secondary N) is 2. The van der Waals surface area contributed by atoms with Gasteiger partial charge in [-0.2, -0.15) is 0 Å². The first-order chi connectivity index (χ1) is 11.0. The lowest BCUT2D eigenvalue weighted by Crippen LogP contribution is -2.41. The van der Waals surface area contributed by atoms with Gasteiger partial charge in [-0.3, -0.25) is 4.79 Å². The minimum atomic E-state index is -0.587. The summed E-state index contributed by atoms with van der Waals surface area (Å²) in [4.78, 5) is 23.3. The van der Waals surface area contributed by atoms with Crippen LogP contribution in [-0.2, 0) is 16.1 Å². The molecule has 23 heavy (non-hydrogen) atoms. The highest BCUT2D eigenvalue weighted by Gasteiger charge is 2.10. The molecule has 0 aliphatic carbocycles. The van der Waals surface area contributed by atoms with Gasteiger partial charge in [0.2, 0.25) is 5.91 Å². The Labute approximate surface area is 138 Å². The van der Waals surface area contributed by atoms with Crippen LogP contribution in [0.15, 0.2) is 30.3 Å². The fourth-order valence-electron chi connectivity index (χ4n) is 2.16. The Kier molecular flexibility index (Phi) is 8.80. The topological polar surface area (TPSA) is 67.4 Å². The van der Waals surface area contributed by atoms with Crippen molar-refractivity contribution in [1.29, 1.82) is 0 Å². The van der Waals surface area contributed by atoms with Gasteiger partial charge in [0.25, 0.3) is 0 Å². The Morgan fingerprint density at radius 1 is 1.09 bits per heavy atom. The van der Waals surface area contributed by atoms with E-state index in [4.69, 9.17) is 4.74 Å². The molecule has 0 heterocycles. The van der Waals surface area contributed by atoms with Gasteiger partial charge < -0.3 is 15.4 Å². The maximum absolute atomic E-state index is 11.7. The lowest BCUT2D eigenvalue weighted by atomic mass is 10.0. The summed E-state index contributed by atoms with van der Waals surface area (Å²) in [6.45, 7) is 6.48. The van der Waals surface area contributed by atoms with Gasteiger partial charge in [0.15, 0.2) is 0 Å². The number of benzene rings is 1. The van der Waals surface area contributed by atoms with E-state index in [0.29, 0.717) is 5.92 Å². The fourth-order valence-corrected chi connectivity index (χ4v) is 2.16. The lowest BCUT2D eigenvalue weighted by Gasteiger charge is -2.15. The van der Waals surface area contributed by atoms with Crippen LogP contribution in [0.3, 0.4) is 0 Å². The molecule has 5 heteroatoms. The number of hydrogen-bond donors (Lipinski definition) is 2. The summed E-state index contributed by atoms with van der Waals surface area (Å²) in [6, 6.07) is 9.52. The Balaban J connectivity index is 2.13. The van der Waals surface area contributed by atoms with E-state index >= 15 is 0 Å². The maximum atomic E-state index is 11.7. The molecule has 0 bridgehead atoms. The Hall–Kier alpha value is -2.04. The first-order valence-electron chi connectivity index (χ1n) is 8.21. The number of hydrogen-bond acceptors (Lipinski definition) is 3. The Morgan fingerprint density at radius 3 is 2.43 bits per heavy atom. The molecule has 0 aliphatic heterocycles. The fraction of sp³-hybridized carbons (Fsp3) is 0.556. The minimum absolute atomic E-state index is 0.0673. The largest absolute Gasteiger partial charge is 0.445 e. The highest BCUT2D eigenvalue weighted by molar-refractivity contribution is 5.82. The molecule has 0 saturated heterocycles. The molecule has 1 unspecified atom stereocenters. The van der Waals surface area contributed by atoms with Gasteiger partial charge in [-0.15, -0.1) is 0 Å². The van der Waals surface area contributed by atoms with Crippen LogP contribution in [-0.4, -0.2) is 24.6 Å². The van der Waals surface area contributed by atoms with Crippen molar-refractivity contribution < 1.29 is 14.3 Å². The van der Waals surface area contributed by atoms with Crippen molar-refractivity contribution in [1.82, 2.24) is 10.6 Å². The third-order valence-electron chi connectivity index (χ3n) is 3.43. The normalized spacial score (nSPS) is 11.8. The summed E-state index contributed by atoms with van der Waals surface area (Å²) in [7, 11) is 0. The van der Waals surface area contributed by atoms with E-state index in [1.807, 2.05) is 37.3 Å². The van der Waals surface area contributed by atoms with Crippen molar-refractivity contribution in [3.8, 4) is 0 Å².